The molecule has 26 heavy (non-hydrogen) atoms. The van der Waals surface area contributed by atoms with E-state index in [1.54, 1.807) is 30.3 Å². The molecule has 0 fully saturated rings. The highest BCUT2D eigenvalue weighted by molar-refractivity contribution is 7.54. The summed E-state index contributed by atoms with van der Waals surface area (Å²) in [5.74, 6) is -2.51. The van der Waals surface area contributed by atoms with Crippen molar-refractivity contribution in [2.24, 2.45) is 0 Å². The first kappa shape index (κ1) is 20.4. The monoisotopic (exact) mass is 402 g/mol. The molecule has 0 aliphatic rings. The Morgan fingerprint density at radius 1 is 1.15 bits per heavy atom. The second kappa shape index (κ2) is 9.14. The minimum atomic E-state index is -3.75. The Balaban J connectivity index is 2.12. The fraction of sp³-hybridized carbons (Fsp3) is 0.235. The third kappa shape index (κ3) is 5.05. The summed E-state index contributed by atoms with van der Waals surface area (Å²) in [5.41, 5.74) is 0.438. The Labute approximate surface area is 155 Å². The maximum absolute atomic E-state index is 13.0. The van der Waals surface area contributed by atoms with Crippen LogP contribution in [-0.4, -0.2) is 26.8 Å². The molecule has 9 heteroatoms. The molecule has 0 bridgehead atoms. The van der Waals surface area contributed by atoms with Crippen LogP contribution in [0.3, 0.4) is 0 Å². The summed E-state index contributed by atoms with van der Waals surface area (Å²) in [4.78, 5) is 12.2. The molecule has 0 aliphatic heterocycles. The first-order valence-electron chi connectivity index (χ1n) is 7.43. The van der Waals surface area contributed by atoms with Gasteiger partial charge in [-0.3, -0.25) is 4.57 Å². The molecule has 2 rings (SSSR count). The fourth-order valence-electron chi connectivity index (χ4n) is 2.09. The van der Waals surface area contributed by atoms with Crippen LogP contribution < -0.4 is 4.74 Å². The van der Waals surface area contributed by atoms with Gasteiger partial charge in [0, 0.05) is 19.8 Å². The summed E-state index contributed by atoms with van der Waals surface area (Å²) in [6.45, 7) is -0.526. The predicted octanol–water partition coefficient (Wildman–Crippen LogP) is 4.59. The van der Waals surface area contributed by atoms with Crippen LogP contribution in [0.5, 0.6) is 5.75 Å². The highest BCUT2D eigenvalue weighted by atomic mass is 35.5. The van der Waals surface area contributed by atoms with Crippen molar-refractivity contribution in [1.82, 2.24) is 0 Å². The first-order chi connectivity index (χ1) is 12.4. The third-order valence-corrected chi connectivity index (χ3v) is 5.65. The molecule has 0 saturated carbocycles. The second-order valence-corrected chi connectivity index (χ2v) is 7.71. The van der Waals surface area contributed by atoms with Gasteiger partial charge in [0.15, 0.2) is 6.61 Å². The summed E-state index contributed by atoms with van der Waals surface area (Å²) in [6, 6.07) is 11.9. The van der Waals surface area contributed by atoms with Gasteiger partial charge in [0.25, 0.3) is 0 Å². The molecule has 140 valence electrons. The summed E-state index contributed by atoms with van der Waals surface area (Å²) in [5, 5.41) is 0.0110. The van der Waals surface area contributed by atoms with E-state index in [4.69, 9.17) is 30.1 Å². The maximum atomic E-state index is 13.0. The standard InChI is InChI=1S/C17H17ClFO6P/c1-22-26(21,23-2)17(12-6-4-3-5-7-12)25-16(20)11-24-15-9-8-13(19)10-14(15)18/h3-10,17H,11H2,1-2H3. The Morgan fingerprint density at radius 2 is 1.81 bits per heavy atom. The zero-order chi connectivity index (χ0) is 19.2. The minimum Gasteiger partial charge on any atom is -0.480 e. The topological polar surface area (TPSA) is 71.1 Å². The Morgan fingerprint density at radius 3 is 2.38 bits per heavy atom. The molecule has 0 saturated heterocycles. The molecule has 0 N–H and O–H groups in total. The van der Waals surface area contributed by atoms with E-state index in [2.05, 4.69) is 0 Å². The average molecular weight is 403 g/mol. The lowest BCUT2D eigenvalue weighted by atomic mass is 10.2. The molecular formula is C17H17ClFO6P. The predicted molar refractivity (Wildman–Crippen MR) is 93.8 cm³/mol. The molecular weight excluding hydrogens is 386 g/mol. The van der Waals surface area contributed by atoms with Gasteiger partial charge in [-0.25, -0.2) is 9.18 Å². The van der Waals surface area contributed by atoms with E-state index in [-0.39, 0.29) is 10.8 Å². The zero-order valence-corrected chi connectivity index (χ0v) is 15.7. The van der Waals surface area contributed by atoms with E-state index < -0.39 is 31.8 Å². The fourth-order valence-corrected chi connectivity index (χ4v) is 3.62. The number of carbonyl (C=O) groups is 1. The van der Waals surface area contributed by atoms with Crippen molar-refractivity contribution in [2.45, 2.75) is 5.85 Å². The van der Waals surface area contributed by atoms with Crippen LogP contribution in [0.4, 0.5) is 4.39 Å². The molecule has 0 spiro atoms. The summed E-state index contributed by atoms with van der Waals surface area (Å²) < 4.78 is 46.2. The van der Waals surface area contributed by atoms with Crippen LogP contribution in [0.15, 0.2) is 48.5 Å². The van der Waals surface area contributed by atoms with E-state index in [1.165, 1.54) is 20.3 Å². The molecule has 0 aromatic heterocycles. The molecule has 1 atom stereocenters. The second-order valence-electron chi connectivity index (χ2n) is 5.02. The van der Waals surface area contributed by atoms with E-state index >= 15 is 0 Å². The average Bonchev–Trinajstić information content (AvgIpc) is 2.65. The Bertz CT molecular complexity index is 793. The van der Waals surface area contributed by atoms with Gasteiger partial charge in [0.1, 0.15) is 11.6 Å². The van der Waals surface area contributed by atoms with E-state index in [0.717, 1.165) is 12.1 Å². The largest absolute Gasteiger partial charge is 0.480 e. The molecule has 6 nitrogen and oxygen atoms in total. The minimum absolute atomic E-state index is 0.0110. The number of hydrogen-bond acceptors (Lipinski definition) is 6. The van der Waals surface area contributed by atoms with Gasteiger partial charge in [0.2, 0.25) is 5.85 Å². The number of esters is 1. The van der Waals surface area contributed by atoms with Crippen molar-refractivity contribution >= 4 is 25.2 Å². The van der Waals surface area contributed by atoms with E-state index in [0.29, 0.717) is 5.56 Å². The van der Waals surface area contributed by atoms with Crippen molar-refractivity contribution in [2.75, 3.05) is 20.8 Å². The Kier molecular flexibility index (Phi) is 7.17. The number of hydrogen-bond donors (Lipinski definition) is 0. The molecule has 2 aromatic carbocycles. The quantitative estimate of drug-likeness (QED) is 0.475. The summed E-state index contributed by atoms with van der Waals surface area (Å²) in [6.07, 6.45) is 0. The number of carbonyl (C=O) groups excluding carboxylic acids is 1. The van der Waals surface area contributed by atoms with Crippen LogP contribution in [0, 0.1) is 5.82 Å². The van der Waals surface area contributed by atoms with Crippen molar-refractivity contribution in [1.29, 1.82) is 0 Å². The molecule has 0 radical (unpaired) electrons. The van der Waals surface area contributed by atoms with Crippen molar-refractivity contribution in [3.8, 4) is 5.75 Å². The molecule has 1 unspecified atom stereocenters. The first-order valence-corrected chi connectivity index (χ1v) is 9.42. The van der Waals surface area contributed by atoms with Crippen LogP contribution >= 0.6 is 19.2 Å². The van der Waals surface area contributed by atoms with Gasteiger partial charge in [-0.05, 0) is 18.2 Å². The SMILES string of the molecule is COP(=O)(OC)C(OC(=O)COc1ccc(F)cc1Cl)c1ccccc1. The van der Waals surface area contributed by atoms with Gasteiger partial charge in [-0.2, -0.15) is 0 Å². The van der Waals surface area contributed by atoms with Crippen molar-refractivity contribution in [3.63, 3.8) is 0 Å². The highest BCUT2D eigenvalue weighted by Crippen LogP contribution is 2.60. The zero-order valence-electron chi connectivity index (χ0n) is 14.1. The normalized spacial score (nSPS) is 12.5. The Hall–Kier alpha value is -1.92. The van der Waals surface area contributed by atoms with E-state index in [9.17, 15) is 13.8 Å². The smallest absolute Gasteiger partial charge is 0.375 e. The van der Waals surface area contributed by atoms with Crippen molar-refractivity contribution in [3.05, 3.63) is 64.9 Å². The molecule has 0 heterocycles. The third-order valence-electron chi connectivity index (χ3n) is 3.36. The van der Waals surface area contributed by atoms with Crippen LogP contribution in [0.1, 0.15) is 11.4 Å². The summed E-state index contributed by atoms with van der Waals surface area (Å²) >= 11 is 5.83. The maximum Gasteiger partial charge on any atom is 0.375 e. The summed E-state index contributed by atoms with van der Waals surface area (Å²) in [7, 11) is -1.36. The molecule has 0 aliphatic carbocycles. The van der Waals surface area contributed by atoms with Crippen LogP contribution in [0.25, 0.3) is 0 Å². The number of rotatable bonds is 8. The molecule has 2 aromatic rings. The lowest BCUT2D eigenvalue weighted by molar-refractivity contribution is -0.149. The molecule has 0 amide bonds. The van der Waals surface area contributed by atoms with Gasteiger partial charge in [-0.1, -0.05) is 41.9 Å². The number of ether oxygens (including phenoxy) is 2. The highest BCUT2D eigenvalue weighted by Gasteiger charge is 2.39. The van der Waals surface area contributed by atoms with Crippen LogP contribution in [-0.2, 0) is 23.1 Å². The van der Waals surface area contributed by atoms with Crippen LogP contribution in [0.2, 0.25) is 5.02 Å². The van der Waals surface area contributed by atoms with Gasteiger partial charge >= 0.3 is 13.6 Å². The number of benzene rings is 2. The van der Waals surface area contributed by atoms with E-state index in [1.807, 2.05) is 0 Å². The van der Waals surface area contributed by atoms with Gasteiger partial charge < -0.3 is 18.5 Å². The lowest BCUT2D eigenvalue weighted by Gasteiger charge is -2.24. The van der Waals surface area contributed by atoms with Crippen molar-refractivity contribution < 1.29 is 32.3 Å². The van der Waals surface area contributed by atoms with Gasteiger partial charge in [-0.15, -0.1) is 0 Å². The lowest BCUT2D eigenvalue weighted by Crippen LogP contribution is -2.19. The number of halogens is 2. The van der Waals surface area contributed by atoms with Gasteiger partial charge in [0.05, 0.1) is 5.02 Å².